The van der Waals surface area contributed by atoms with Crippen LogP contribution in [-0.4, -0.2) is 27.1 Å². The van der Waals surface area contributed by atoms with E-state index < -0.39 is 0 Å². The number of hydrogen-bond donors (Lipinski definition) is 0. The van der Waals surface area contributed by atoms with Crippen LogP contribution in [0.15, 0.2) is 53.1 Å². The summed E-state index contributed by atoms with van der Waals surface area (Å²) in [6.45, 7) is 4.16. The van der Waals surface area contributed by atoms with Gasteiger partial charge in [0.05, 0.1) is 12.6 Å². The number of benzene rings is 2. The molecule has 0 radical (unpaired) electrons. The molecule has 6 nitrogen and oxygen atoms in total. The second-order valence-corrected chi connectivity index (χ2v) is 6.10. The first-order chi connectivity index (χ1) is 12.2. The van der Waals surface area contributed by atoms with Crippen LogP contribution in [0.25, 0.3) is 33.7 Å². The van der Waals surface area contributed by atoms with E-state index in [-0.39, 0.29) is 6.04 Å². The maximum atomic E-state index is 5.67. The number of fused-ring (bicyclic) bond motifs is 1. The van der Waals surface area contributed by atoms with Crippen molar-refractivity contribution in [2.45, 2.75) is 19.9 Å². The van der Waals surface area contributed by atoms with Gasteiger partial charge in [0.2, 0.25) is 5.89 Å². The lowest BCUT2D eigenvalue weighted by molar-refractivity contribution is 0.415. The first kappa shape index (κ1) is 15.4. The van der Waals surface area contributed by atoms with Crippen LogP contribution >= 0.6 is 0 Å². The maximum Gasteiger partial charge on any atom is 0.226 e. The fourth-order valence-corrected chi connectivity index (χ4v) is 2.78. The van der Waals surface area contributed by atoms with Crippen LogP contribution in [0.3, 0.4) is 0 Å². The molecule has 6 heteroatoms. The minimum absolute atomic E-state index is 0.261. The van der Waals surface area contributed by atoms with Crippen molar-refractivity contribution in [3.8, 4) is 28.5 Å². The Morgan fingerprint density at radius 3 is 2.76 bits per heavy atom. The van der Waals surface area contributed by atoms with Gasteiger partial charge in [0.1, 0.15) is 23.2 Å². The number of rotatable bonds is 4. The van der Waals surface area contributed by atoms with E-state index in [9.17, 15) is 0 Å². The molecule has 0 fully saturated rings. The van der Waals surface area contributed by atoms with Gasteiger partial charge in [0.25, 0.3) is 0 Å². The fourth-order valence-electron chi connectivity index (χ4n) is 2.78. The van der Waals surface area contributed by atoms with Crippen molar-refractivity contribution < 1.29 is 9.15 Å². The summed E-state index contributed by atoms with van der Waals surface area (Å²) in [7, 11) is 1.65. The van der Waals surface area contributed by atoms with Crippen molar-refractivity contribution in [2.24, 2.45) is 0 Å². The fraction of sp³-hybridized carbons (Fsp3) is 0.211. The van der Waals surface area contributed by atoms with E-state index in [4.69, 9.17) is 9.15 Å². The van der Waals surface area contributed by atoms with Crippen LogP contribution in [-0.2, 0) is 0 Å². The summed E-state index contributed by atoms with van der Waals surface area (Å²) in [6, 6.07) is 13.9. The van der Waals surface area contributed by atoms with Gasteiger partial charge in [0.15, 0.2) is 0 Å². The summed E-state index contributed by atoms with van der Waals surface area (Å²) < 4.78 is 12.8. The van der Waals surface area contributed by atoms with E-state index in [1.54, 1.807) is 13.4 Å². The molecule has 0 saturated carbocycles. The Balaban J connectivity index is 1.71. The lowest BCUT2D eigenvalue weighted by atomic mass is 10.1. The van der Waals surface area contributed by atoms with E-state index in [2.05, 4.69) is 29.1 Å². The summed E-state index contributed by atoms with van der Waals surface area (Å²) in [6.07, 6.45) is 1.65. The standard InChI is InChI=1S/C19H18N4O2/c1-12(2)23-18-8-7-14(10-16(18)21-22-23)19-20-17(11-25-19)13-5-4-6-15(9-13)24-3/h4-12H,1-3H3. The van der Waals surface area contributed by atoms with Crippen molar-refractivity contribution in [3.63, 3.8) is 0 Å². The predicted octanol–water partition coefficient (Wildman–Crippen LogP) is 4.34. The molecule has 126 valence electrons. The molecule has 0 aliphatic rings. The second-order valence-electron chi connectivity index (χ2n) is 6.10. The summed E-state index contributed by atoms with van der Waals surface area (Å²) in [4.78, 5) is 4.60. The van der Waals surface area contributed by atoms with Crippen molar-refractivity contribution in [1.29, 1.82) is 0 Å². The molecule has 0 aliphatic carbocycles. The lowest BCUT2D eigenvalue weighted by Gasteiger charge is -2.05. The topological polar surface area (TPSA) is 66.0 Å². The average Bonchev–Trinajstić information content (AvgIpc) is 3.28. The van der Waals surface area contributed by atoms with Gasteiger partial charge >= 0.3 is 0 Å². The third-order valence-corrected chi connectivity index (χ3v) is 4.08. The third kappa shape index (κ3) is 2.76. The number of aromatic nitrogens is 4. The molecule has 0 bridgehead atoms. The Labute approximate surface area is 145 Å². The van der Waals surface area contributed by atoms with Crippen molar-refractivity contribution >= 4 is 11.0 Å². The van der Waals surface area contributed by atoms with Crippen LogP contribution in [0.5, 0.6) is 5.75 Å². The molecule has 0 aliphatic heterocycles. The van der Waals surface area contributed by atoms with Crippen LogP contribution < -0.4 is 4.74 Å². The quantitative estimate of drug-likeness (QED) is 0.555. The van der Waals surface area contributed by atoms with Crippen LogP contribution in [0.1, 0.15) is 19.9 Å². The highest BCUT2D eigenvalue weighted by molar-refractivity contribution is 5.80. The van der Waals surface area contributed by atoms with E-state index in [0.29, 0.717) is 5.89 Å². The molecule has 2 aromatic carbocycles. The summed E-state index contributed by atoms with van der Waals surface area (Å²) >= 11 is 0. The van der Waals surface area contributed by atoms with Crippen molar-refractivity contribution in [1.82, 2.24) is 20.0 Å². The van der Waals surface area contributed by atoms with Gasteiger partial charge < -0.3 is 9.15 Å². The van der Waals surface area contributed by atoms with Gasteiger partial charge in [-0.15, -0.1) is 5.10 Å². The molecule has 0 saturated heterocycles. The van der Waals surface area contributed by atoms with Gasteiger partial charge in [-0.1, -0.05) is 17.3 Å². The summed E-state index contributed by atoms with van der Waals surface area (Å²) in [5.41, 5.74) is 4.41. The number of ether oxygens (including phenoxy) is 1. The first-order valence-corrected chi connectivity index (χ1v) is 8.11. The Morgan fingerprint density at radius 2 is 1.96 bits per heavy atom. The average molecular weight is 334 g/mol. The molecule has 25 heavy (non-hydrogen) atoms. The van der Waals surface area contributed by atoms with Crippen molar-refractivity contribution in [2.75, 3.05) is 7.11 Å². The molecular formula is C19H18N4O2. The van der Waals surface area contributed by atoms with Crippen molar-refractivity contribution in [3.05, 3.63) is 48.7 Å². The first-order valence-electron chi connectivity index (χ1n) is 8.11. The highest BCUT2D eigenvalue weighted by atomic mass is 16.5. The zero-order chi connectivity index (χ0) is 17.4. The Morgan fingerprint density at radius 1 is 1.08 bits per heavy atom. The molecule has 0 atom stereocenters. The van der Waals surface area contributed by atoms with E-state index in [1.165, 1.54) is 0 Å². The minimum Gasteiger partial charge on any atom is -0.497 e. The Hall–Kier alpha value is -3.15. The van der Waals surface area contributed by atoms with Gasteiger partial charge in [-0.2, -0.15) is 0 Å². The molecule has 0 amide bonds. The van der Waals surface area contributed by atoms with Crippen LogP contribution in [0, 0.1) is 0 Å². The Bertz CT molecular complexity index is 1030. The van der Waals surface area contributed by atoms with E-state index >= 15 is 0 Å². The largest absolute Gasteiger partial charge is 0.497 e. The van der Waals surface area contributed by atoms with Gasteiger partial charge in [-0.25, -0.2) is 9.67 Å². The van der Waals surface area contributed by atoms with E-state index in [1.807, 2.05) is 47.1 Å². The Kier molecular flexibility index (Phi) is 3.72. The molecular weight excluding hydrogens is 316 g/mol. The lowest BCUT2D eigenvalue weighted by Crippen LogP contribution is -2.02. The molecule has 4 rings (SSSR count). The van der Waals surface area contributed by atoms with Gasteiger partial charge in [-0.05, 0) is 44.2 Å². The predicted molar refractivity (Wildman–Crippen MR) is 95.4 cm³/mol. The SMILES string of the molecule is COc1cccc(-c2coc(-c3ccc4c(c3)nnn4C(C)C)n2)c1. The van der Waals surface area contributed by atoms with E-state index in [0.717, 1.165) is 33.6 Å². The monoisotopic (exact) mass is 334 g/mol. The molecule has 0 spiro atoms. The van der Waals surface area contributed by atoms with Crippen LogP contribution in [0.4, 0.5) is 0 Å². The van der Waals surface area contributed by atoms with Crippen LogP contribution in [0.2, 0.25) is 0 Å². The normalized spacial score (nSPS) is 11.4. The molecule has 4 aromatic rings. The molecule has 0 N–H and O–H groups in total. The zero-order valence-electron chi connectivity index (χ0n) is 14.3. The number of hydrogen-bond acceptors (Lipinski definition) is 5. The third-order valence-electron chi connectivity index (χ3n) is 4.08. The maximum absolute atomic E-state index is 5.67. The molecule has 2 heterocycles. The minimum atomic E-state index is 0.261. The second kappa shape index (κ2) is 6.05. The van der Waals surface area contributed by atoms with Gasteiger partial charge in [-0.3, -0.25) is 0 Å². The summed E-state index contributed by atoms with van der Waals surface area (Å²) in [5, 5.41) is 8.44. The molecule has 2 aromatic heterocycles. The number of nitrogens with zero attached hydrogens (tertiary/aromatic N) is 4. The summed E-state index contributed by atoms with van der Waals surface area (Å²) in [5.74, 6) is 1.34. The highest BCUT2D eigenvalue weighted by Crippen LogP contribution is 2.28. The number of oxazole rings is 1. The smallest absolute Gasteiger partial charge is 0.226 e. The highest BCUT2D eigenvalue weighted by Gasteiger charge is 2.13. The number of methoxy groups -OCH3 is 1. The van der Waals surface area contributed by atoms with Gasteiger partial charge in [0, 0.05) is 17.2 Å². The zero-order valence-corrected chi connectivity index (χ0v) is 14.3. The molecule has 0 unspecified atom stereocenters.